The number of amides is 1. The van der Waals surface area contributed by atoms with Crippen LogP contribution in [0.15, 0.2) is 41.3 Å². The molecule has 1 atom stereocenters. The number of piperidine rings is 1. The van der Waals surface area contributed by atoms with Gasteiger partial charge in [0.25, 0.3) is 17.2 Å². The summed E-state index contributed by atoms with van der Waals surface area (Å²) in [5.74, 6) is 0.580. The highest BCUT2D eigenvalue weighted by atomic mass is 16.2. The van der Waals surface area contributed by atoms with Gasteiger partial charge in [0.1, 0.15) is 11.4 Å². The maximum atomic E-state index is 13.0. The van der Waals surface area contributed by atoms with Crippen molar-refractivity contribution in [2.75, 3.05) is 13.1 Å². The van der Waals surface area contributed by atoms with E-state index in [-0.39, 0.29) is 22.7 Å². The van der Waals surface area contributed by atoms with E-state index in [4.69, 9.17) is 0 Å². The zero-order valence-corrected chi connectivity index (χ0v) is 14.9. The fourth-order valence-electron chi connectivity index (χ4n) is 3.77. The van der Waals surface area contributed by atoms with E-state index in [0.29, 0.717) is 18.9 Å². The predicted molar refractivity (Wildman–Crippen MR) is 97.3 cm³/mol. The minimum absolute atomic E-state index is 0.0726. The number of carbonyl (C=O) groups is 1. The molecule has 1 fully saturated rings. The first-order chi connectivity index (χ1) is 12.5. The molecule has 26 heavy (non-hydrogen) atoms. The van der Waals surface area contributed by atoms with Crippen LogP contribution in [0.25, 0.3) is 5.78 Å². The molecule has 1 aromatic carbocycles. The first-order valence-corrected chi connectivity index (χ1v) is 8.77. The number of carbonyl (C=O) groups excluding carboxylic acids is 1. The molecule has 0 radical (unpaired) electrons. The second-order valence-corrected chi connectivity index (χ2v) is 7.18. The van der Waals surface area contributed by atoms with Crippen molar-refractivity contribution in [1.82, 2.24) is 24.5 Å². The van der Waals surface area contributed by atoms with E-state index in [0.717, 1.165) is 12.8 Å². The molecule has 1 amide bonds. The van der Waals surface area contributed by atoms with E-state index in [1.54, 1.807) is 11.8 Å². The van der Waals surface area contributed by atoms with Gasteiger partial charge in [0, 0.05) is 24.7 Å². The standard InChI is InChI=1S/C19H21N5O2/c1-13-21-18-20-11-15(17(26)24(18)22-13)16(25)23-10-6-9-19(2,12-23)14-7-4-3-5-8-14/h3-5,7-8,11H,6,9-10,12H2,1-2H3,(H,20,21,22)/t19-/m1/s1. The molecule has 0 spiro atoms. The van der Waals surface area contributed by atoms with E-state index in [1.165, 1.54) is 16.3 Å². The van der Waals surface area contributed by atoms with E-state index in [2.05, 4.69) is 34.1 Å². The third-order valence-electron chi connectivity index (χ3n) is 5.17. The number of nitrogens with one attached hydrogen (secondary N) is 1. The van der Waals surface area contributed by atoms with Gasteiger partial charge in [-0.1, -0.05) is 37.3 Å². The summed E-state index contributed by atoms with van der Waals surface area (Å²) in [6.45, 7) is 5.14. The van der Waals surface area contributed by atoms with Crippen LogP contribution in [0.3, 0.4) is 0 Å². The average molecular weight is 351 g/mol. The number of aromatic amines is 1. The van der Waals surface area contributed by atoms with Gasteiger partial charge in [-0.05, 0) is 25.3 Å². The molecule has 7 nitrogen and oxygen atoms in total. The van der Waals surface area contributed by atoms with Gasteiger partial charge in [0.05, 0.1) is 0 Å². The van der Waals surface area contributed by atoms with Crippen molar-refractivity contribution < 1.29 is 4.79 Å². The van der Waals surface area contributed by atoms with Gasteiger partial charge >= 0.3 is 0 Å². The highest BCUT2D eigenvalue weighted by molar-refractivity contribution is 5.93. The molecule has 1 N–H and O–H groups in total. The Morgan fingerprint density at radius 2 is 2.04 bits per heavy atom. The van der Waals surface area contributed by atoms with Gasteiger partial charge < -0.3 is 4.90 Å². The van der Waals surface area contributed by atoms with E-state index >= 15 is 0 Å². The molecular weight excluding hydrogens is 330 g/mol. The SMILES string of the molecule is Cc1nc2ncc(C(=O)N3CCC[C@@](C)(c4ccccc4)C3)c(=O)n2[nH]1. The number of fused-ring (bicyclic) bond motifs is 1. The summed E-state index contributed by atoms with van der Waals surface area (Å²) in [6, 6.07) is 10.2. The topological polar surface area (TPSA) is 83.4 Å². The van der Waals surface area contributed by atoms with Gasteiger partial charge in [0.15, 0.2) is 0 Å². The van der Waals surface area contributed by atoms with Crippen molar-refractivity contribution in [1.29, 1.82) is 0 Å². The first kappa shape index (κ1) is 16.5. The maximum Gasteiger partial charge on any atom is 0.286 e. The number of hydrogen-bond acceptors (Lipinski definition) is 4. The number of benzene rings is 1. The molecule has 1 aliphatic heterocycles. The molecule has 4 rings (SSSR count). The molecule has 0 aliphatic carbocycles. The number of likely N-dealkylation sites (tertiary alicyclic amines) is 1. The molecule has 1 saturated heterocycles. The Bertz CT molecular complexity index is 1020. The van der Waals surface area contributed by atoms with Crippen LogP contribution >= 0.6 is 0 Å². The minimum atomic E-state index is -0.410. The van der Waals surface area contributed by atoms with Crippen LogP contribution in [0, 0.1) is 6.92 Å². The summed E-state index contributed by atoms with van der Waals surface area (Å²) < 4.78 is 1.23. The number of rotatable bonds is 2. The van der Waals surface area contributed by atoms with E-state index < -0.39 is 5.56 Å². The van der Waals surface area contributed by atoms with Gasteiger partial charge in [-0.25, -0.2) is 4.98 Å². The van der Waals surface area contributed by atoms with Crippen LogP contribution in [0.5, 0.6) is 0 Å². The number of aromatic nitrogens is 4. The number of nitrogens with zero attached hydrogens (tertiary/aromatic N) is 4. The lowest BCUT2D eigenvalue weighted by atomic mass is 9.76. The number of aryl methyl sites for hydroxylation is 1. The lowest BCUT2D eigenvalue weighted by molar-refractivity contribution is 0.0648. The lowest BCUT2D eigenvalue weighted by Crippen LogP contribution is -2.48. The van der Waals surface area contributed by atoms with Crippen LogP contribution in [0.2, 0.25) is 0 Å². The molecule has 1 aliphatic rings. The Balaban J connectivity index is 1.66. The molecule has 0 bridgehead atoms. The highest BCUT2D eigenvalue weighted by Gasteiger charge is 2.35. The Labute approximate surface area is 150 Å². The number of H-pyrrole nitrogens is 1. The Morgan fingerprint density at radius 3 is 2.81 bits per heavy atom. The van der Waals surface area contributed by atoms with Crippen molar-refractivity contribution in [2.45, 2.75) is 32.1 Å². The zero-order chi connectivity index (χ0) is 18.3. The second kappa shape index (κ2) is 6.09. The second-order valence-electron chi connectivity index (χ2n) is 7.18. The van der Waals surface area contributed by atoms with E-state index in [1.807, 2.05) is 18.2 Å². The molecule has 3 aromatic rings. The van der Waals surface area contributed by atoms with Gasteiger partial charge in [-0.3, -0.25) is 14.7 Å². The van der Waals surface area contributed by atoms with Crippen LogP contribution < -0.4 is 5.56 Å². The predicted octanol–water partition coefficient (Wildman–Crippen LogP) is 1.92. The zero-order valence-electron chi connectivity index (χ0n) is 14.9. The maximum absolute atomic E-state index is 13.0. The molecule has 7 heteroatoms. The molecule has 0 unspecified atom stereocenters. The summed E-state index contributed by atoms with van der Waals surface area (Å²) in [5, 5.41) is 2.83. The van der Waals surface area contributed by atoms with Crippen molar-refractivity contribution in [3.8, 4) is 0 Å². The van der Waals surface area contributed by atoms with E-state index in [9.17, 15) is 9.59 Å². The Morgan fingerprint density at radius 1 is 1.27 bits per heavy atom. The van der Waals surface area contributed by atoms with Crippen molar-refractivity contribution >= 4 is 11.7 Å². The highest BCUT2D eigenvalue weighted by Crippen LogP contribution is 2.33. The van der Waals surface area contributed by atoms with Crippen LogP contribution in [-0.4, -0.2) is 43.5 Å². The lowest BCUT2D eigenvalue weighted by Gasteiger charge is -2.40. The largest absolute Gasteiger partial charge is 0.338 e. The van der Waals surface area contributed by atoms with Crippen molar-refractivity contribution in [3.05, 3.63) is 63.8 Å². The summed E-state index contributed by atoms with van der Waals surface area (Å²) >= 11 is 0. The third-order valence-corrected chi connectivity index (χ3v) is 5.17. The van der Waals surface area contributed by atoms with Gasteiger partial charge in [-0.2, -0.15) is 9.50 Å². The quantitative estimate of drug-likeness (QED) is 0.765. The molecule has 2 aromatic heterocycles. The summed E-state index contributed by atoms with van der Waals surface area (Å²) in [7, 11) is 0. The third kappa shape index (κ3) is 2.69. The molecule has 0 saturated carbocycles. The summed E-state index contributed by atoms with van der Waals surface area (Å²) in [4.78, 5) is 35.7. The Kier molecular flexibility index (Phi) is 3.86. The monoisotopic (exact) mass is 351 g/mol. The van der Waals surface area contributed by atoms with Crippen LogP contribution in [0.1, 0.15) is 41.5 Å². The normalized spacial score (nSPS) is 20.5. The average Bonchev–Trinajstić information content (AvgIpc) is 3.04. The minimum Gasteiger partial charge on any atom is -0.338 e. The smallest absolute Gasteiger partial charge is 0.286 e. The first-order valence-electron chi connectivity index (χ1n) is 8.77. The van der Waals surface area contributed by atoms with Crippen LogP contribution in [0.4, 0.5) is 0 Å². The van der Waals surface area contributed by atoms with Crippen molar-refractivity contribution in [2.24, 2.45) is 0 Å². The van der Waals surface area contributed by atoms with Crippen molar-refractivity contribution in [3.63, 3.8) is 0 Å². The van der Waals surface area contributed by atoms with Crippen LogP contribution in [-0.2, 0) is 5.41 Å². The number of hydrogen-bond donors (Lipinski definition) is 1. The van der Waals surface area contributed by atoms with Gasteiger partial charge in [0.2, 0.25) is 0 Å². The molecule has 3 heterocycles. The molecular formula is C19H21N5O2. The summed E-state index contributed by atoms with van der Waals surface area (Å²) in [5.41, 5.74) is 0.760. The molecule has 134 valence electrons. The Hall–Kier alpha value is -2.96. The van der Waals surface area contributed by atoms with Gasteiger partial charge in [-0.15, -0.1) is 0 Å². The fraction of sp³-hybridized carbons (Fsp3) is 0.368. The summed E-state index contributed by atoms with van der Waals surface area (Å²) in [6.07, 6.45) is 3.25. The fourth-order valence-corrected chi connectivity index (χ4v) is 3.77.